The second-order valence-electron chi connectivity index (χ2n) is 5.58. The fourth-order valence-electron chi connectivity index (χ4n) is 2.20. The van der Waals surface area contributed by atoms with Gasteiger partial charge in [-0.2, -0.15) is 18.2 Å². The number of carbonyl (C=O) groups is 1. The van der Waals surface area contributed by atoms with Gasteiger partial charge in [-0.3, -0.25) is 9.97 Å². The number of hydrogen-bond acceptors (Lipinski definition) is 8. The van der Waals surface area contributed by atoms with Crippen molar-refractivity contribution in [2.45, 2.75) is 19.3 Å². The van der Waals surface area contributed by atoms with Crippen LogP contribution in [-0.2, 0) is 24.1 Å². The number of rotatable bonds is 6. The molecule has 3 aromatic heterocycles. The number of alkyl carbamates (subject to hydrolysis) is 1. The van der Waals surface area contributed by atoms with E-state index in [0.717, 1.165) is 0 Å². The highest BCUT2D eigenvalue weighted by atomic mass is 19.4. The summed E-state index contributed by atoms with van der Waals surface area (Å²) >= 11 is 0. The lowest BCUT2D eigenvalue weighted by molar-refractivity contribution is -0.159. The minimum Gasteiger partial charge on any atom is -0.496 e. The number of aromatic nitrogens is 4. The van der Waals surface area contributed by atoms with Gasteiger partial charge < -0.3 is 19.3 Å². The van der Waals surface area contributed by atoms with Crippen molar-refractivity contribution < 1.29 is 32.0 Å². The Balaban J connectivity index is 1.52. The Labute approximate surface area is 161 Å². The van der Waals surface area contributed by atoms with E-state index in [1.54, 1.807) is 12.3 Å². The molecule has 0 aliphatic rings. The summed E-state index contributed by atoms with van der Waals surface area (Å²) in [6, 6.07) is 4.60. The summed E-state index contributed by atoms with van der Waals surface area (Å²) in [6.07, 6.45) is -1.06. The minimum absolute atomic E-state index is 0.0332. The number of nitrogens with zero attached hydrogens (tertiary/aromatic N) is 4. The monoisotopic (exact) mass is 409 g/mol. The molecule has 0 saturated heterocycles. The molecule has 0 radical (unpaired) electrons. The standard InChI is InChI=1S/C17H14F3N5O4/c1-27-13-4-5-21-6-11(13)9-28-16(26)23-8-12-3-2-10(7-22-12)14-24-15(29-25-14)17(18,19)20/h2-7H,8-9H2,1H3,(H,23,26). The Hall–Kier alpha value is -3.70. The largest absolute Gasteiger partial charge is 0.496 e. The molecule has 3 heterocycles. The van der Waals surface area contributed by atoms with Crippen LogP contribution < -0.4 is 10.1 Å². The Morgan fingerprint density at radius 2 is 2.07 bits per heavy atom. The topological polar surface area (TPSA) is 112 Å². The molecular weight excluding hydrogens is 395 g/mol. The zero-order chi connectivity index (χ0) is 20.9. The van der Waals surface area contributed by atoms with Crippen molar-refractivity contribution in [3.8, 4) is 17.1 Å². The van der Waals surface area contributed by atoms with Gasteiger partial charge in [-0.15, -0.1) is 0 Å². The quantitative estimate of drug-likeness (QED) is 0.661. The van der Waals surface area contributed by atoms with Gasteiger partial charge in [0, 0.05) is 29.7 Å². The van der Waals surface area contributed by atoms with E-state index in [1.165, 1.54) is 31.6 Å². The van der Waals surface area contributed by atoms with Gasteiger partial charge in [0.15, 0.2) is 0 Å². The van der Waals surface area contributed by atoms with Gasteiger partial charge in [0.2, 0.25) is 5.82 Å². The third kappa shape index (κ3) is 5.18. The number of ether oxygens (including phenoxy) is 2. The van der Waals surface area contributed by atoms with Gasteiger partial charge in [0.1, 0.15) is 12.4 Å². The van der Waals surface area contributed by atoms with Crippen molar-refractivity contribution in [2.24, 2.45) is 0 Å². The zero-order valence-corrected chi connectivity index (χ0v) is 14.9. The summed E-state index contributed by atoms with van der Waals surface area (Å²) in [5, 5.41) is 5.78. The average Bonchev–Trinajstić information content (AvgIpc) is 3.22. The van der Waals surface area contributed by atoms with Gasteiger partial charge in [-0.05, 0) is 18.2 Å². The summed E-state index contributed by atoms with van der Waals surface area (Å²) in [5.74, 6) is -1.14. The van der Waals surface area contributed by atoms with Crippen molar-refractivity contribution in [2.75, 3.05) is 7.11 Å². The van der Waals surface area contributed by atoms with E-state index in [1.807, 2.05) is 0 Å². The fraction of sp³-hybridized carbons (Fsp3) is 0.235. The SMILES string of the molecule is COc1ccncc1COC(=O)NCc1ccc(-c2noc(C(F)(F)F)n2)cn1. The highest BCUT2D eigenvalue weighted by Gasteiger charge is 2.38. The maximum atomic E-state index is 12.5. The van der Waals surface area contributed by atoms with Crippen LogP contribution in [0, 0.1) is 0 Å². The highest BCUT2D eigenvalue weighted by Crippen LogP contribution is 2.29. The van der Waals surface area contributed by atoms with Crippen LogP contribution in [0.1, 0.15) is 17.1 Å². The third-order valence-corrected chi connectivity index (χ3v) is 3.60. The van der Waals surface area contributed by atoms with Crippen LogP contribution in [-0.4, -0.2) is 33.3 Å². The summed E-state index contributed by atoms with van der Waals surface area (Å²) in [7, 11) is 1.49. The molecule has 0 unspecified atom stereocenters. The smallest absolute Gasteiger partial charge is 0.471 e. The predicted molar refractivity (Wildman–Crippen MR) is 90.3 cm³/mol. The normalized spacial score (nSPS) is 11.2. The van der Waals surface area contributed by atoms with Crippen molar-refractivity contribution in [3.05, 3.63) is 53.9 Å². The molecule has 0 aliphatic carbocycles. The lowest BCUT2D eigenvalue weighted by Crippen LogP contribution is -2.24. The molecule has 12 heteroatoms. The van der Waals surface area contributed by atoms with Crippen molar-refractivity contribution in [1.29, 1.82) is 0 Å². The van der Waals surface area contributed by atoms with E-state index < -0.39 is 18.2 Å². The molecule has 0 fully saturated rings. The molecule has 29 heavy (non-hydrogen) atoms. The lowest BCUT2D eigenvalue weighted by atomic mass is 10.2. The molecular formula is C17H14F3N5O4. The molecule has 0 atom stereocenters. The zero-order valence-electron chi connectivity index (χ0n) is 14.9. The van der Waals surface area contributed by atoms with Crippen LogP contribution in [0.4, 0.5) is 18.0 Å². The van der Waals surface area contributed by atoms with Crippen LogP contribution >= 0.6 is 0 Å². The molecule has 0 bridgehead atoms. The van der Waals surface area contributed by atoms with Crippen LogP contribution in [0.25, 0.3) is 11.4 Å². The molecule has 0 aromatic carbocycles. The molecule has 0 aliphatic heterocycles. The number of carbonyl (C=O) groups excluding carboxylic acids is 1. The number of pyridine rings is 2. The van der Waals surface area contributed by atoms with Crippen LogP contribution in [0.15, 0.2) is 41.3 Å². The number of amides is 1. The molecule has 3 rings (SSSR count). The van der Waals surface area contributed by atoms with Crippen molar-refractivity contribution in [1.82, 2.24) is 25.4 Å². The second kappa shape index (κ2) is 8.54. The third-order valence-electron chi connectivity index (χ3n) is 3.60. The second-order valence-corrected chi connectivity index (χ2v) is 5.58. The van der Waals surface area contributed by atoms with Crippen LogP contribution in [0.3, 0.4) is 0 Å². The van der Waals surface area contributed by atoms with Gasteiger partial charge in [-0.25, -0.2) is 4.79 Å². The summed E-state index contributed by atoms with van der Waals surface area (Å²) in [5.41, 5.74) is 1.29. The molecule has 1 amide bonds. The molecule has 9 nitrogen and oxygen atoms in total. The first-order valence-electron chi connectivity index (χ1n) is 8.10. The molecule has 152 valence electrons. The Morgan fingerprint density at radius 1 is 1.24 bits per heavy atom. The van der Waals surface area contributed by atoms with Crippen LogP contribution in [0.2, 0.25) is 0 Å². The van der Waals surface area contributed by atoms with Crippen molar-refractivity contribution in [3.63, 3.8) is 0 Å². The van der Waals surface area contributed by atoms with Gasteiger partial charge in [-0.1, -0.05) is 5.16 Å². The molecule has 0 spiro atoms. The van der Waals surface area contributed by atoms with E-state index in [2.05, 4.69) is 29.9 Å². The van der Waals surface area contributed by atoms with E-state index in [-0.39, 0.29) is 24.5 Å². The number of hydrogen-bond donors (Lipinski definition) is 1. The molecule has 3 aromatic rings. The molecule has 0 saturated carbocycles. The van der Waals surface area contributed by atoms with E-state index >= 15 is 0 Å². The number of nitrogens with one attached hydrogen (secondary N) is 1. The van der Waals surface area contributed by atoms with Gasteiger partial charge in [0.05, 0.1) is 19.3 Å². The van der Waals surface area contributed by atoms with Crippen LogP contribution in [0.5, 0.6) is 5.75 Å². The fourth-order valence-corrected chi connectivity index (χ4v) is 2.20. The first kappa shape index (κ1) is 20.0. The lowest BCUT2D eigenvalue weighted by Gasteiger charge is -2.09. The maximum Gasteiger partial charge on any atom is 0.471 e. The van der Waals surface area contributed by atoms with Gasteiger partial charge >= 0.3 is 18.2 Å². The summed E-state index contributed by atoms with van der Waals surface area (Å²) < 4.78 is 51.9. The predicted octanol–water partition coefficient (Wildman–Crippen LogP) is 2.98. The average molecular weight is 409 g/mol. The summed E-state index contributed by atoms with van der Waals surface area (Å²) in [6.45, 7) is 0.0118. The Morgan fingerprint density at radius 3 is 2.72 bits per heavy atom. The van der Waals surface area contributed by atoms with Gasteiger partial charge in [0.25, 0.3) is 0 Å². The Kier molecular flexibility index (Phi) is 5.90. The Bertz CT molecular complexity index is 976. The first-order chi connectivity index (χ1) is 13.9. The first-order valence-corrected chi connectivity index (χ1v) is 8.10. The minimum atomic E-state index is -4.72. The van der Waals surface area contributed by atoms with E-state index in [0.29, 0.717) is 17.0 Å². The molecule has 1 N–H and O–H groups in total. The van der Waals surface area contributed by atoms with E-state index in [9.17, 15) is 18.0 Å². The highest BCUT2D eigenvalue weighted by molar-refractivity contribution is 5.67. The number of alkyl halides is 3. The summed E-state index contributed by atoms with van der Waals surface area (Å²) in [4.78, 5) is 23.1. The number of halogens is 3. The van der Waals surface area contributed by atoms with Crippen molar-refractivity contribution >= 4 is 6.09 Å². The number of methoxy groups -OCH3 is 1. The van der Waals surface area contributed by atoms with E-state index in [4.69, 9.17) is 9.47 Å². The maximum absolute atomic E-state index is 12.5.